The van der Waals surface area contributed by atoms with Crippen LogP contribution in [0.4, 0.5) is 10.8 Å². The third kappa shape index (κ3) is 4.11. The van der Waals surface area contributed by atoms with Crippen LogP contribution in [-0.4, -0.2) is 23.2 Å². The highest BCUT2D eigenvalue weighted by atomic mass is 32.1. The van der Waals surface area contributed by atoms with Gasteiger partial charge in [0.15, 0.2) is 0 Å². The molecule has 0 spiro atoms. The number of rotatable bonds is 6. The minimum Gasteiger partial charge on any atom is -0.497 e. The number of aliphatic imine (C=N–C) groups is 1. The second-order valence-electron chi connectivity index (χ2n) is 6.34. The fraction of sp³-hybridized carbons (Fsp3) is 0.0435. The molecule has 0 bridgehead atoms. The van der Waals surface area contributed by atoms with Gasteiger partial charge in [0.05, 0.1) is 28.2 Å². The van der Waals surface area contributed by atoms with Crippen molar-refractivity contribution in [2.24, 2.45) is 4.99 Å². The van der Waals surface area contributed by atoms with Gasteiger partial charge in [0.1, 0.15) is 5.75 Å². The summed E-state index contributed by atoms with van der Waals surface area (Å²) in [6, 6.07) is 24.1. The van der Waals surface area contributed by atoms with Crippen LogP contribution in [0.3, 0.4) is 0 Å². The molecule has 0 saturated heterocycles. The number of thiazole rings is 1. The number of nitro groups is 1. The average molecular weight is 415 g/mol. The quantitative estimate of drug-likeness (QED) is 0.215. The predicted molar refractivity (Wildman–Crippen MR) is 120 cm³/mol. The van der Waals surface area contributed by atoms with Gasteiger partial charge in [-0.25, -0.2) is 9.98 Å². The Kier molecular flexibility index (Phi) is 5.63. The van der Waals surface area contributed by atoms with Crippen molar-refractivity contribution in [3.63, 3.8) is 0 Å². The Labute approximate surface area is 177 Å². The van der Waals surface area contributed by atoms with Crippen LogP contribution in [0, 0.1) is 10.1 Å². The molecular formula is C23H17N3O3S. The van der Waals surface area contributed by atoms with E-state index in [1.54, 1.807) is 25.3 Å². The first kappa shape index (κ1) is 19.5. The maximum absolute atomic E-state index is 11.2. The second kappa shape index (κ2) is 8.67. The number of benzene rings is 3. The Bertz CT molecular complexity index is 1200. The van der Waals surface area contributed by atoms with Crippen LogP contribution in [0.5, 0.6) is 5.75 Å². The van der Waals surface area contributed by atoms with Crippen molar-refractivity contribution in [1.82, 2.24) is 4.98 Å². The molecule has 0 saturated carbocycles. The molecular weight excluding hydrogens is 398 g/mol. The van der Waals surface area contributed by atoms with E-state index >= 15 is 0 Å². The zero-order valence-corrected chi connectivity index (χ0v) is 16.9. The van der Waals surface area contributed by atoms with Crippen molar-refractivity contribution in [3.8, 4) is 27.4 Å². The summed E-state index contributed by atoms with van der Waals surface area (Å²) in [5.74, 6) is 0.768. The lowest BCUT2D eigenvalue weighted by molar-refractivity contribution is -0.385. The van der Waals surface area contributed by atoms with Gasteiger partial charge in [-0.15, -0.1) is 0 Å². The minimum absolute atomic E-state index is 0.0106. The summed E-state index contributed by atoms with van der Waals surface area (Å²) in [5.41, 5.74) is 3.23. The van der Waals surface area contributed by atoms with Gasteiger partial charge in [-0.3, -0.25) is 10.1 Å². The van der Waals surface area contributed by atoms with Crippen LogP contribution in [0.1, 0.15) is 5.56 Å². The lowest BCUT2D eigenvalue weighted by Gasteiger charge is -2.04. The van der Waals surface area contributed by atoms with E-state index < -0.39 is 4.92 Å². The van der Waals surface area contributed by atoms with Gasteiger partial charge in [-0.05, 0) is 35.9 Å². The SMILES string of the molecule is COc1ccc(-c2nc(N=Cc3ccccc3[N+](=O)[O-])sc2-c2ccccc2)cc1. The zero-order chi connectivity index (χ0) is 20.9. The van der Waals surface area contributed by atoms with Crippen molar-refractivity contribution in [2.45, 2.75) is 0 Å². The molecule has 0 aliphatic carbocycles. The molecule has 7 heteroatoms. The number of aromatic nitrogens is 1. The van der Waals surface area contributed by atoms with E-state index in [1.165, 1.54) is 23.6 Å². The normalized spacial score (nSPS) is 11.0. The number of hydrogen-bond acceptors (Lipinski definition) is 6. The Balaban J connectivity index is 1.77. The average Bonchev–Trinajstić information content (AvgIpc) is 3.23. The van der Waals surface area contributed by atoms with Gasteiger partial charge >= 0.3 is 0 Å². The largest absolute Gasteiger partial charge is 0.497 e. The summed E-state index contributed by atoms with van der Waals surface area (Å²) in [6.45, 7) is 0. The molecule has 148 valence electrons. The highest BCUT2D eigenvalue weighted by Crippen LogP contribution is 2.40. The first-order valence-electron chi connectivity index (χ1n) is 9.14. The molecule has 1 heterocycles. The van der Waals surface area contributed by atoms with Gasteiger partial charge in [0.25, 0.3) is 5.69 Å². The smallest absolute Gasteiger partial charge is 0.278 e. The fourth-order valence-electron chi connectivity index (χ4n) is 2.98. The Morgan fingerprint density at radius 2 is 1.67 bits per heavy atom. The van der Waals surface area contributed by atoms with Crippen LogP contribution in [0.15, 0.2) is 83.9 Å². The summed E-state index contributed by atoms with van der Waals surface area (Å²) >= 11 is 1.44. The lowest BCUT2D eigenvalue weighted by atomic mass is 10.1. The molecule has 0 N–H and O–H groups in total. The third-order valence-electron chi connectivity index (χ3n) is 4.46. The first-order chi connectivity index (χ1) is 14.7. The maximum Gasteiger partial charge on any atom is 0.278 e. The molecule has 30 heavy (non-hydrogen) atoms. The summed E-state index contributed by atoms with van der Waals surface area (Å²) < 4.78 is 5.25. The van der Waals surface area contributed by atoms with Crippen molar-refractivity contribution >= 4 is 28.4 Å². The van der Waals surface area contributed by atoms with Crippen molar-refractivity contribution in [3.05, 3.63) is 94.5 Å². The van der Waals surface area contributed by atoms with Gasteiger partial charge < -0.3 is 4.74 Å². The van der Waals surface area contributed by atoms with Crippen molar-refractivity contribution in [1.29, 1.82) is 0 Å². The predicted octanol–water partition coefficient (Wildman–Crippen LogP) is 6.14. The Hall–Kier alpha value is -3.84. The van der Waals surface area contributed by atoms with Gasteiger partial charge in [0, 0.05) is 17.8 Å². The van der Waals surface area contributed by atoms with E-state index in [0.717, 1.165) is 27.4 Å². The summed E-state index contributed by atoms with van der Waals surface area (Å²) in [7, 11) is 1.63. The van der Waals surface area contributed by atoms with Gasteiger partial charge in [-0.1, -0.05) is 53.8 Å². The highest BCUT2D eigenvalue weighted by Gasteiger charge is 2.15. The number of nitrogens with zero attached hydrogens (tertiary/aromatic N) is 3. The third-order valence-corrected chi connectivity index (χ3v) is 5.48. The number of hydrogen-bond donors (Lipinski definition) is 0. The number of para-hydroxylation sites is 1. The molecule has 0 unspecified atom stereocenters. The molecule has 0 fully saturated rings. The Morgan fingerprint density at radius 3 is 2.37 bits per heavy atom. The highest BCUT2D eigenvalue weighted by molar-refractivity contribution is 7.19. The summed E-state index contributed by atoms with van der Waals surface area (Å²) in [5, 5.41) is 11.8. The summed E-state index contributed by atoms with van der Waals surface area (Å²) in [6.07, 6.45) is 1.49. The van der Waals surface area contributed by atoms with Crippen LogP contribution in [0.2, 0.25) is 0 Å². The Morgan fingerprint density at radius 1 is 0.967 bits per heavy atom. The lowest BCUT2D eigenvalue weighted by Crippen LogP contribution is -1.93. The molecule has 0 atom stereocenters. The molecule has 0 amide bonds. The maximum atomic E-state index is 11.2. The molecule has 4 rings (SSSR count). The molecule has 3 aromatic carbocycles. The molecule has 6 nitrogen and oxygen atoms in total. The molecule has 0 aliphatic rings. The molecule has 0 radical (unpaired) electrons. The van der Waals surface area contributed by atoms with E-state index in [-0.39, 0.29) is 5.69 Å². The van der Waals surface area contributed by atoms with Crippen LogP contribution in [-0.2, 0) is 0 Å². The van der Waals surface area contributed by atoms with E-state index in [1.807, 2.05) is 54.6 Å². The first-order valence-corrected chi connectivity index (χ1v) is 9.95. The van der Waals surface area contributed by atoms with Gasteiger partial charge in [0.2, 0.25) is 5.13 Å². The summed E-state index contributed by atoms with van der Waals surface area (Å²) in [4.78, 5) is 21.0. The number of methoxy groups -OCH3 is 1. The zero-order valence-electron chi connectivity index (χ0n) is 16.1. The van der Waals surface area contributed by atoms with Gasteiger partial charge in [-0.2, -0.15) is 0 Å². The van der Waals surface area contributed by atoms with Crippen molar-refractivity contribution in [2.75, 3.05) is 7.11 Å². The van der Waals surface area contributed by atoms with Crippen LogP contribution >= 0.6 is 11.3 Å². The van der Waals surface area contributed by atoms with E-state index in [0.29, 0.717) is 10.7 Å². The van der Waals surface area contributed by atoms with Crippen LogP contribution < -0.4 is 4.74 Å². The van der Waals surface area contributed by atoms with E-state index in [9.17, 15) is 10.1 Å². The van der Waals surface area contributed by atoms with Crippen LogP contribution in [0.25, 0.3) is 21.7 Å². The van der Waals surface area contributed by atoms with E-state index in [2.05, 4.69) is 4.99 Å². The fourth-order valence-corrected chi connectivity index (χ4v) is 3.92. The number of nitro benzene ring substituents is 1. The second-order valence-corrected chi connectivity index (χ2v) is 7.32. The number of ether oxygens (including phenoxy) is 1. The van der Waals surface area contributed by atoms with Crippen molar-refractivity contribution < 1.29 is 9.66 Å². The molecule has 0 aliphatic heterocycles. The molecule has 1 aromatic heterocycles. The minimum atomic E-state index is -0.415. The topological polar surface area (TPSA) is 77.6 Å². The monoisotopic (exact) mass is 415 g/mol. The molecule has 4 aromatic rings. The standard InChI is InChI=1S/C23H17N3O3S/c1-29-19-13-11-16(12-14-19)21-22(17-7-3-2-4-8-17)30-23(25-21)24-15-18-9-5-6-10-20(18)26(27)28/h2-15H,1H3. The van der Waals surface area contributed by atoms with E-state index in [4.69, 9.17) is 9.72 Å².